The molecule has 0 rings (SSSR count). The highest BCUT2D eigenvalue weighted by Gasteiger charge is 1.75. The van der Waals surface area contributed by atoms with Crippen LogP contribution in [0.25, 0.3) is 0 Å². The van der Waals surface area contributed by atoms with Crippen molar-refractivity contribution in [2.75, 3.05) is 0 Å². The van der Waals surface area contributed by atoms with Gasteiger partial charge in [-0.25, -0.2) is 0 Å². The van der Waals surface area contributed by atoms with E-state index in [0.29, 0.717) is 6.42 Å². The Labute approximate surface area is 56.1 Å². The van der Waals surface area contributed by atoms with Crippen LogP contribution < -0.4 is 0 Å². The van der Waals surface area contributed by atoms with Crippen molar-refractivity contribution in [2.24, 2.45) is 0 Å². The van der Waals surface area contributed by atoms with E-state index in [2.05, 4.69) is 0 Å². The molecule has 0 radical (unpaired) electrons. The van der Waals surface area contributed by atoms with Crippen LogP contribution in [0.15, 0.2) is 23.8 Å². The monoisotopic (exact) mass is 124 g/mol. The smallest absolute Gasteiger partial charge is 0.123 e. The molecule has 1 heteroatoms. The van der Waals surface area contributed by atoms with Gasteiger partial charge in [-0.3, -0.25) is 0 Å². The van der Waals surface area contributed by atoms with Crippen molar-refractivity contribution in [3.63, 3.8) is 0 Å². The van der Waals surface area contributed by atoms with Gasteiger partial charge in [-0.1, -0.05) is 23.8 Å². The number of hydrogen-bond donors (Lipinski definition) is 0. The number of aldehydes is 1. The van der Waals surface area contributed by atoms with Gasteiger partial charge in [-0.05, 0) is 13.8 Å². The van der Waals surface area contributed by atoms with Gasteiger partial charge in [0.15, 0.2) is 0 Å². The lowest BCUT2D eigenvalue weighted by Crippen LogP contribution is -1.68. The minimum atomic E-state index is 0.519. The van der Waals surface area contributed by atoms with E-state index in [1.807, 2.05) is 32.1 Å². The Hall–Kier alpha value is -0.850. The van der Waals surface area contributed by atoms with Crippen LogP contribution in [0.4, 0.5) is 0 Å². The summed E-state index contributed by atoms with van der Waals surface area (Å²) in [7, 11) is 0. The third-order valence-electron chi connectivity index (χ3n) is 1.07. The lowest BCUT2D eigenvalue weighted by molar-refractivity contribution is -0.107. The summed E-state index contributed by atoms with van der Waals surface area (Å²) in [5.74, 6) is 0. The maximum Gasteiger partial charge on any atom is 0.123 e. The molecule has 0 amide bonds. The molecule has 0 aromatic carbocycles. The molecule has 0 saturated heterocycles. The summed E-state index contributed by atoms with van der Waals surface area (Å²) in [6, 6.07) is 0. The predicted molar refractivity (Wildman–Crippen MR) is 39.3 cm³/mol. The summed E-state index contributed by atoms with van der Waals surface area (Å²) in [6.07, 6.45) is 7.20. The SMILES string of the molecule is C/C=C(C)\C=C/CC=O. The Morgan fingerprint density at radius 1 is 1.56 bits per heavy atom. The van der Waals surface area contributed by atoms with Crippen LogP contribution in [-0.2, 0) is 4.79 Å². The van der Waals surface area contributed by atoms with Gasteiger partial charge in [0.05, 0.1) is 0 Å². The fraction of sp³-hybridized carbons (Fsp3) is 0.375. The molecule has 0 aromatic heterocycles. The van der Waals surface area contributed by atoms with Gasteiger partial charge < -0.3 is 4.79 Å². The lowest BCUT2D eigenvalue weighted by Gasteiger charge is -1.83. The molecule has 1 nitrogen and oxygen atoms in total. The van der Waals surface area contributed by atoms with Gasteiger partial charge in [0.1, 0.15) is 6.29 Å². The molecule has 9 heavy (non-hydrogen) atoms. The van der Waals surface area contributed by atoms with E-state index in [1.165, 1.54) is 5.57 Å². The van der Waals surface area contributed by atoms with Crippen molar-refractivity contribution < 1.29 is 4.79 Å². The van der Waals surface area contributed by atoms with E-state index in [1.54, 1.807) is 0 Å². The highest BCUT2D eigenvalue weighted by atomic mass is 16.1. The normalized spacial score (nSPS) is 12.4. The standard InChI is InChI=1S/C8H12O/c1-3-8(2)6-4-5-7-9/h3-4,6-7H,5H2,1-2H3/b6-4-,8-3-. The predicted octanol–water partition coefficient (Wildman–Crippen LogP) is 2.10. The molecule has 0 unspecified atom stereocenters. The highest BCUT2D eigenvalue weighted by molar-refractivity contribution is 5.52. The molecule has 0 spiro atoms. The molecule has 0 atom stereocenters. The second-order valence-electron chi connectivity index (χ2n) is 1.84. The largest absolute Gasteiger partial charge is 0.303 e. The van der Waals surface area contributed by atoms with Gasteiger partial charge >= 0.3 is 0 Å². The molecule has 0 saturated carbocycles. The maximum atomic E-state index is 9.80. The van der Waals surface area contributed by atoms with Crippen LogP contribution >= 0.6 is 0 Å². The third kappa shape index (κ3) is 5.01. The summed E-state index contributed by atoms with van der Waals surface area (Å²) < 4.78 is 0. The van der Waals surface area contributed by atoms with Crippen molar-refractivity contribution in [3.8, 4) is 0 Å². The number of allylic oxidation sites excluding steroid dienone is 4. The van der Waals surface area contributed by atoms with E-state index in [-0.39, 0.29) is 0 Å². The van der Waals surface area contributed by atoms with Gasteiger partial charge in [0, 0.05) is 6.42 Å². The van der Waals surface area contributed by atoms with Crippen LogP contribution in [0.3, 0.4) is 0 Å². The van der Waals surface area contributed by atoms with Gasteiger partial charge in [0.25, 0.3) is 0 Å². The second kappa shape index (κ2) is 5.29. The zero-order valence-corrected chi connectivity index (χ0v) is 5.92. The van der Waals surface area contributed by atoms with Gasteiger partial charge in [-0.15, -0.1) is 0 Å². The summed E-state index contributed by atoms with van der Waals surface area (Å²) in [6.45, 7) is 3.97. The number of rotatable bonds is 3. The maximum absolute atomic E-state index is 9.80. The van der Waals surface area contributed by atoms with E-state index in [4.69, 9.17) is 0 Å². The number of carbonyl (C=O) groups excluding carboxylic acids is 1. The Morgan fingerprint density at radius 2 is 2.22 bits per heavy atom. The second-order valence-corrected chi connectivity index (χ2v) is 1.84. The topological polar surface area (TPSA) is 17.1 Å². The molecule has 0 aliphatic heterocycles. The van der Waals surface area contributed by atoms with Crippen molar-refractivity contribution in [1.82, 2.24) is 0 Å². The summed E-state index contributed by atoms with van der Waals surface area (Å²) in [5, 5.41) is 0. The van der Waals surface area contributed by atoms with Crippen LogP contribution in [0.1, 0.15) is 20.3 Å². The molecule has 0 aromatic rings. The molecule has 50 valence electrons. The van der Waals surface area contributed by atoms with Crippen LogP contribution in [0.2, 0.25) is 0 Å². The molecule has 0 aliphatic carbocycles. The van der Waals surface area contributed by atoms with E-state index < -0.39 is 0 Å². The van der Waals surface area contributed by atoms with Gasteiger partial charge in [-0.2, -0.15) is 0 Å². The third-order valence-corrected chi connectivity index (χ3v) is 1.07. The van der Waals surface area contributed by atoms with E-state index in [0.717, 1.165) is 6.29 Å². The first-order valence-corrected chi connectivity index (χ1v) is 3.04. The van der Waals surface area contributed by atoms with Crippen molar-refractivity contribution in [2.45, 2.75) is 20.3 Å². The number of hydrogen-bond acceptors (Lipinski definition) is 1. The molecular weight excluding hydrogens is 112 g/mol. The zero-order valence-electron chi connectivity index (χ0n) is 5.92. The minimum Gasteiger partial charge on any atom is -0.303 e. The first-order chi connectivity index (χ1) is 4.31. The molecule has 0 fully saturated rings. The van der Waals surface area contributed by atoms with E-state index >= 15 is 0 Å². The number of carbonyl (C=O) groups is 1. The minimum absolute atomic E-state index is 0.519. The Balaban J connectivity index is 3.56. The molecular formula is C8H12O. The van der Waals surface area contributed by atoms with Crippen molar-refractivity contribution >= 4 is 6.29 Å². The first kappa shape index (κ1) is 8.15. The van der Waals surface area contributed by atoms with Crippen molar-refractivity contribution in [3.05, 3.63) is 23.8 Å². The average Bonchev–Trinajstić information content (AvgIpc) is 1.89. The Kier molecular flexibility index (Phi) is 4.79. The molecule has 0 aliphatic rings. The molecule has 0 heterocycles. The fourth-order valence-electron chi connectivity index (χ4n) is 0.406. The summed E-state index contributed by atoms with van der Waals surface area (Å²) in [5.41, 5.74) is 1.19. The Bertz CT molecular complexity index is 132. The average molecular weight is 124 g/mol. The van der Waals surface area contributed by atoms with Crippen molar-refractivity contribution in [1.29, 1.82) is 0 Å². The molecule has 0 N–H and O–H groups in total. The summed E-state index contributed by atoms with van der Waals surface area (Å²) >= 11 is 0. The van der Waals surface area contributed by atoms with Crippen LogP contribution in [-0.4, -0.2) is 6.29 Å². The quantitative estimate of drug-likeness (QED) is 0.416. The van der Waals surface area contributed by atoms with Crippen LogP contribution in [0, 0.1) is 0 Å². The lowest BCUT2D eigenvalue weighted by atomic mass is 10.2. The zero-order chi connectivity index (χ0) is 7.11. The van der Waals surface area contributed by atoms with Gasteiger partial charge in [0.2, 0.25) is 0 Å². The first-order valence-electron chi connectivity index (χ1n) is 3.04. The van der Waals surface area contributed by atoms with E-state index in [9.17, 15) is 4.79 Å². The Morgan fingerprint density at radius 3 is 2.67 bits per heavy atom. The molecule has 0 bridgehead atoms. The summed E-state index contributed by atoms with van der Waals surface area (Å²) in [4.78, 5) is 9.80. The highest BCUT2D eigenvalue weighted by Crippen LogP contribution is 1.93. The fourth-order valence-corrected chi connectivity index (χ4v) is 0.406. The van der Waals surface area contributed by atoms with Crippen LogP contribution in [0.5, 0.6) is 0 Å².